The van der Waals surface area contributed by atoms with Gasteiger partial charge in [0.15, 0.2) is 0 Å². The normalized spacial score (nSPS) is 17.2. The number of carbonyl (C=O) groups is 1. The van der Waals surface area contributed by atoms with Crippen LogP contribution in [0.4, 0.5) is 11.4 Å². The van der Waals surface area contributed by atoms with Crippen molar-refractivity contribution in [1.29, 1.82) is 0 Å². The summed E-state index contributed by atoms with van der Waals surface area (Å²) < 4.78 is 32.4. The molecule has 154 valence electrons. The molecule has 0 atom stereocenters. The fourth-order valence-electron chi connectivity index (χ4n) is 3.65. The predicted molar refractivity (Wildman–Crippen MR) is 112 cm³/mol. The number of amides is 1. The first-order chi connectivity index (χ1) is 13.9. The van der Waals surface area contributed by atoms with Gasteiger partial charge in [-0.2, -0.15) is 4.31 Å². The van der Waals surface area contributed by atoms with Gasteiger partial charge >= 0.3 is 0 Å². The number of nitrogens with zero attached hydrogens (tertiary/aromatic N) is 2. The van der Waals surface area contributed by atoms with Crippen LogP contribution >= 0.6 is 11.6 Å². The standard InChI is InChI=1S/C20H22ClN3O4S/c21-17-6-5-16(13-19(17)29(26,27)24-9-11-28-12-10-24)22-20(25)14-23-8-7-15-3-1-2-4-18(15)23/h1-6,13H,7-12,14H2,(H,22,25). The monoisotopic (exact) mass is 435 g/mol. The number of nitrogens with one attached hydrogen (secondary N) is 1. The van der Waals surface area contributed by atoms with Crippen LogP contribution in [-0.2, 0) is 26.0 Å². The summed E-state index contributed by atoms with van der Waals surface area (Å²) in [6, 6.07) is 12.5. The zero-order valence-corrected chi connectivity index (χ0v) is 17.4. The first kappa shape index (κ1) is 20.2. The molecule has 0 radical (unpaired) electrons. The number of anilines is 2. The van der Waals surface area contributed by atoms with Gasteiger partial charge in [-0.3, -0.25) is 4.79 Å². The molecule has 2 aromatic carbocycles. The molecule has 0 unspecified atom stereocenters. The summed E-state index contributed by atoms with van der Waals surface area (Å²) in [5, 5.41) is 2.92. The van der Waals surface area contributed by atoms with E-state index in [-0.39, 0.29) is 35.5 Å². The molecular formula is C20H22ClN3O4S. The second-order valence-electron chi connectivity index (χ2n) is 7.01. The molecule has 4 rings (SSSR count). The molecule has 1 saturated heterocycles. The lowest BCUT2D eigenvalue weighted by atomic mass is 10.2. The fraction of sp³-hybridized carbons (Fsp3) is 0.350. The molecule has 0 aliphatic carbocycles. The Kier molecular flexibility index (Phi) is 5.78. The van der Waals surface area contributed by atoms with Gasteiger partial charge in [0.1, 0.15) is 4.90 Å². The second kappa shape index (κ2) is 8.31. The van der Waals surface area contributed by atoms with Crippen molar-refractivity contribution in [3.8, 4) is 0 Å². The SMILES string of the molecule is O=C(CN1CCc2ccccc21)Nc1ccc(Cl)c(S(=O)(=O)N2CCOCC2)c1. The Balaban J connectivity index is 1.48. The Morgan fingerprint density at radius 2 is 1.86 bits per heavy atom. The third kappa shape index (κ3) is 4.25. The van der Waals surface area contributed by atoms with E-state index in [0.717, 1.165) is 18.7 Å². The van der Waals surface area contributed by atoms with Gasteiger partial charge in [0.25, 0.3) is 0 Å². The van der Waals surface area contributed by atoms with Gasteiger partial charge in [-0.25, -0.2) is 8.42 Å². The van der Waals surface area contributed by atoms with E-state index in [1.807, 2.05) is 23.1 Å². The van der Waals surface area contributed by atoms with Gasteiger partial charge in [-0.05, 0) is 36.2 Å². The highest BCUT2D eigenvalue weighted by atomic mass is 35.5. The van der Waals surface area contributed by atoms with E-state index in [1.54, 1.807) is 6.07 Å². The maximum absolute atomic E-state index is 12.9. The lowest BCUT2D eigenvalue weighted by molar-refractivity contribution is -0.115. The third-order valence-corrected chi connectivity index (χ3v) is 7.50. The Morgan fingerprint density at radius 1 is 1.10 bits per heavy atom. The molecule has 0 saturated carbocycles. The smallest absolute Gasteiger partial charge is 0.244 e. The van der Waals surface area contributed by atoms with Crippen molar-refractivity contribution in [3.63, 3.8) is 0 Å². The number of ether oxygens (including phenoxy) is 1. The maximum atomic E-state index is 12.9. The van der Waals surface area contributed by atoms with E-state index in [9.17, 15) is 13.2 Å². The van der Waals surface area contributed by atoms with Gasteiger partial charge in [0.05, 0.1) is 24.8 Å². The van der Waals surface area contributed by atoms with Crippen molar-refractivity contribution in [2.75, 3.05) is 49.6 Å². The predicted octanol–water partition coefficient (Wildman–Crippen LogP) is 2.36. The van der Waals surface area contributed by atoms with Crippen molar-refractivity contribution in [2.45, 2.75) is 11.3 Å². The van der Waals surface area contributed by atoms with Crippen LogP contribution in [0.15, 0.2) is 47.4 Å². The minimum Gasteiger partial charge on any atom is -0.379 e. The van der Waals surface area contributed by atoms with E-state index >= 15 is 0 Å². The molecule has 0 spiro atoms. The number of para-hydroxylation sites is 1. The molecule has 2 aromatic rings. The first-order valence-corrected chi connectivity index (χ1v) is 11.3. The van der Waals surface area contributed by atoms with Gasteiger partial charge in [-0.15, -0.1) is 0 Å². The molecule has 2 aliphatic rings. The largest absolute Gasteiger partial charge is 0.379 e. The summed E-state index contributed by atoms with van der Waals surface area (Å²) >= 11 is 6.17. The summed E-state index contributed by atoms with van der Waals surface area (Å²) in [5.74, 6) is -0.209. The molecule has 1 fully saturated rings. The lowest BCUT2D eigenvalue weighted by Gasteiger charge is -2.26. The molecule has 1 amide bonds. The summed E-state index contributed by atoms with van der Waals surface area (Å²) in [7, 11) is -3.75. The van der Waals surface area contributed by atoms with Crippen LogP contribution < -0.4 is 10.2 Å². The number of morpholine rings is 1. The average molecular weight is 436 g/mol. The quantitative estimate of drug-likeness (QED) is 0.780. The molecule has 0 aromatic heterocycles. The third-order valence-electron chi connectivity index (χ3n) is 5.12. The van der Waals surface area contributed by atoms with E-state index in [1.165, 1.54) is 22.0 Å². The van der Waals surface area contributed by atoms with Crippen molar-refractivity contribution in [2.24, 2.45) is 0 Å². The number of halogens is 1. The zero-order chi connectivity index (χ0) is 20.4. The average Bonchev–Trinajstić information content (AvgIpc) is 3.13. The summed E-state index contributed by atoms with van der Waals surface area (Å²) in [5.41, 5.74) is 2.69. The van der Waals surface area contributed by atoms with Crippen molar-refractivity contribution < 1.29 is 17.9 Å². The molecule has 2 heterocycles. The number of fused-ring (bicyclic) bond motifs is 1. The van der Waals surface area contributed by atoms with Crippen LogP contribution in [0, 0.1) is 0 Å². The molecule has 7 nitrogen and oxygen atoms in total. The zero-order valence-electron chi connectivity index (χ0n) is 15.8. The summed E-state index contributed by atoms with van der Waals surface area (Å²) in [6.07, 6.45) is 0.909. The Hall–Kier alpha value is -2.13. The topological polar surface area (TPSA) is 79.0 Å². The van der Waals surface area contributed by atoms with Gasteiger partial charge in [-0.1, -0.05) is 29.8 Å². The second-order valence-corrected chi connectivity index (χ2v) is 9.32. The molecule has 2 aliphatic heterocycles. The van der Waals surface area contributed by atoms with Crippen LogP contribution in [0.5, 0.6) is 0 Å². The van der Waals surface area contributed by atoms with Crippen LogP contribution in [-0.4, -0.2) is 58.0 Å². The highest BCUT2D eigenvalue weighted by Gasteiger charge is 2.29. The summed E-state index contributed by atoms with van der Waals surface area (Å²) in [4.78, 5) is 14.6. The number of sulfonamides is 1. The maximum Gasteiger partial charge on any atom is 0.244 e. The molecule has 9 heteroatoms. The highest BCUT2D eigenvalue weighted by Crippen LogP contribution is 2.29. The number of rotatable bonds is 5. The van der Waals surface area contributed by atoms with Gasteiger partial charge in [0, 0.05) is 31.0 Å². The van der Waals surface area contributed by atoms with Crippen molar-refractivity contribution in [1.82, 2.24) is 4.31 Å². The molecule has 29 heavy (non-hydrogen) atoms. The molecule has 0 bridgehead atoms. The van der Waals surface area contributed by atoms with E-state index in [2.05, 4.69) is 11.4 Å². The Labute approximate surface area is 175 Å². The Morgan fingerprint density at radius 3 is 2.66 bits per heavy atom. The number of carbonyl (C=O) groups excluding carboxylic acids is 1. The van der Waals surface area contributed by atoms with Crippen LogP contribution in [0.2, 0.25) is 5.02 Å². The molecular weight excluding hydrogens is 414 g/mol. The van der Waals surface area contributed by atoms with Gasteiger partial charge in [0.2, 0.25) is 15.9 Å². The van der Waals surface area contributed by atoms with Crippen LogP contribution in [0.25, 0.3) is 0 Å². The van der Waals surface area contributed by atoms with E-state index < -0.39 is 10.0 Å². The number of hydrogen-bond acceptors (Lipinski definition) is 5. The van der Waals surface area contributed by atoms with Gasteiger partial charge < -0.3 is 15.0 Å². The van der Waals surface area contributed by atoms with Crippen molar-refractivity contribution in [3.05, 3.63) is 53.1 Å². The number of hydrogen-bond donors (Lipinski definition) is 1. The van der Waals surface area contributed by atoms with E-state index in [4.69, 9.17) is 16.3 Å². The minimum atomic E-state index is -3.75. The minimum absolute atomic E-state index is 0.00890. The summed E-state index contributed by atoms with van der Waals surface area (Å²) in [6.45, 7) is 2.25. The van der Waals surface area contributed by atoms with Crippen LogP contribution in [0.1, 0.15) is 5.56 Å². The highest BCUT2D eigenvalue weighted by molar-refractivity contribution is 7.89. The van der Waals surface area contributed by atoms with Crippen LogP contribution in [0.3, 0.4) is 0 Å². The van der Waals surface area contributed by atoms with Crippen molar-refractivity contribution >= 4 is 38.9 Å². The Bertz CT molecular complexity index is 1020. The molecule has 1 N–H and O–H groups in total. The number of benzene rings is 2. The lowest BCUT2D eigenvalue weighted by Crippen LogP contribution is -2.40. The first-order valence-electron chi connectivity index (χ1n) is 9.45. The van der Waals surface area contributed by atoms with E-state index in [0.29, 0.717) is 18.9 Å². The fourth-order valence-corrected chi connectivity index (χ4v) is 5.56.